The largest absolute Gasteiger partial charge is 0.315 e. The zero-order valence-corrected chi connectivity index (χ0v) is 17.0. The molecule has 152 valence electrons. The predicted molar refractivity (Wildman–Crippen MR) is 120 cm³/mol. The lowest BCUT2D eigenvalue weighted by molar-refractivity contribution is 0.270. The lowest BCUT2D eigenvalue weighted by atomic mass is 10.2. The molecule has 0 bridgehead atoms. The highest BCUT2D eigenvalue weighted by Crippen LogP contribution is 2.08. The van der Waals surface area contributed by atoms with Gasteiger partial charge in [-0.2, -0.15) is 0 Å². The molecule has 0 amide bonds. The molecule has 0 aromatic heterocycles. The van der Waals surface area contributed by atoms with Crippen LogP contribution in [0.3, 0.4) is 0 Å². The Morgan fingerprint density at radius 3 is 1.04 bits per heavy atom. The highest BCUT2D eigenvalue weighted by molar-refractivity contribution is 5.19. The molecule has 0 unspecified atom stereocenters. The summed E-state index contributed by atoms with van der Waals surface area (Å²) in [6, 6.07) is 0. The van der Waals surface area contributed by atoms with E-state index in [1.54, 1.807) is 0 Å². The van der Waals surface area contributed by atoms with Crippen molar-refractivity contribution in [2.75, 3.05) is 58.9 Å². The summed E-state index contributed by atoms with van der Waals surface area (Å²) in [5, 5.41) is 10.8. The number of nitrogens with zero attached hydrogens (tertiary/aromatic N) is 1. The molecule has 28 heavy (non-hydrogen) atoms. The van der Waals surface area contributed by atoms with E-state index < -0.39 is 0 Å². The first kappa shape index (κ1) is 21.0. The van der Waals surface area contributed by atoms with Gasteiger partial charge < -0.3 is 16.0 Å². The summed E-state index contributed by atoms with van der Waals surface area (Å²) in [6.45, 7) is 9.52. The second-order valence-electron chi connectivity index (χ2n) is 7.75. The molecule has 3 N–H and O–H groups in total. The summed E-state index contributed by atoms with van der Waals surface area (Å²) >= 11 is 0. The Labute approximate surface area is 170 Å². The SMILES string of the molecule is C1=CC(CNCCN(CCNCC2C=CC=C2)CCNCC2C=CC=C2)C=C1. The van der Waals surface area contributed by atoms with Crippen LogP contribution in [0.2, 0.25) is 0 Å². The summed E-state index contributed by atoms with van der Waals surface area (Å²) in [7, 11) is 0. The van der Waals surface area contributed by atoms with Crippen molar-refractivity contribution >= 4 is 0 Å². The van der Waals surface area contributed by atoms with Gasteiger partial charge in [-0.25, -0.2) is 0 Å². The standard InChI is InChI=1S/C24H36N4/c1-2-8-22(7-1)19-25-13-16-28(17-14-26-20-23-9-3-4-10-23)18-15-27-21-24-11-5-6-12-24/h1-12,22-27H,13-21H2. The Morgan fingerprint density at radius 1 is 0.464 bits per heavy atom. The monoisotopic (exact) mass is 380 g/mol. The minimum atomic E-state index is 0.567. The molecule has 4 nitrogen and oxygen atoms in total. The van der Waals surface area contributed by atoms with Gasteiger partial charge in [-0.15, -0.1) is 0 Å². The third kappa shape index (κ3) is 8.11. The first-order valence-electron chi connectivity index (χ1n) is 10.8. The van der Waals surface area contributed by atoms with E-state index in [1.165, 1.54) is 0 Å². The maximum Gasteiger partial charge on any atom is 0.0108 e. The van der Waals surface area contributed by atoms with Crippen molar-refractivity contribution in [3.8, 4) is 0 Å². The zero-order valence-electron chi connectivity index (χ0n) is 17.0. The van der Waals surface area contributed by atoms with Crippen molar-refractivity contribution in [2.24, 2.45) is 17.8 Å². The second-order valence-corrected chi connectivity index (χ2v) is 7.75. The van der Waals surface area contributed by atoms with Crippen LogP contribution in [0.4, 0.5) is 0 Å². The molecule has 4 heteroatoms. The van der Waals surface area contributed by atoms with E-state index in [0.717, 1.165) is 58.9 Å². The van der Waals surface area contributed by atoms with Crippen LogP contribution in [0.5, 0.6) is 0 Å². The first-order chi connectivity index (χ1) is 13.9. The highest BCUT2D eigenvalue weighted by atomic mass is 15.2. The highest BCUT2D eigenvalue weighted by Gasteiger charge is 2.08. The van der Waals surface area contributed by atoms with Crippen LogP contribution >= 0.6 is 0 Å². The van der Waals surface area contributed by atoms with Crippen LogP contribution in [0, 0.1) is 17.8 Å². The molecule has 0 aromatic rings. The second kappa shape index (κ2) is 12.7. The van der Waals surface area contributed by atoms with Gasteiger partial charge >= 0.3 is 0 Å². The van der Waals surface area contributed by atoms with Gasteiger partial charge in [0.05, 0.1) is 0 Å². The molecule has 0 saturated heterocycles. The number of hydrogen-bond donors (Lipinski definition) is 3. The summed E-state index contributed by atoms with van der Waals surface area (Å²) in [5.41, 5.74) is 0. The molecule has 0 saturated carbocycles. The third-order valence-corrected chi connectivity index (χ3v) is 5.44. The van der Waals surface area contributed by atoms with E-state index in [9.17, 15) is 0 Å². The first-order valence-corrected chi connectivity index (χ1v) is 10.8. The van der Waals surface area contributed by atoms with Crippen molar-refractivity contribution in [3.63, 3.8) is 0 Å². The van der Waals surface area contributed by atoms with Gasteiger partial charge in [-0.05, 0) is 0 Å². The van der Waals surface area contributed by atoms with Crippen molar-refractivity contribution in [1.29, 1.82) is 0 Å². The number of allylic oxidation sites excluding steroid dienone is 6. The van der Waals surface area contributed by atoms with Crippen molar-refractivity contribution in [3.05, 3.63) is 72.9 Å². The average molecular weight is 381 g/mol. The minimum absolute atomic E-state index is 0.567. The quantitative estimate of drug-likeness (QED) is 0.381. The van der Waals surface area contributed by atoms with Crippen LogP contribution in [-0.2, 0) is 0 Å². The molecular weight excluding hydrogens is 344 g/mol. The van der Waals surface area contributed by atoms with Gasteiger partial charge in [-0.3, -0.25) is 4.90 Å². The predicted octanol–water partition coefficient (Wildman–Crippen LogP) is 2.28. The maximum atomic E-state index is 3.61. The van der Waals surface area contributed by atoms with E-state index >= 15 is 0 Å². The summed E-state index contributed by atoms with van der Waals surface area (Å²) in [5.74, 6) is 1.70. The minimum Gasteiger partial charge on any atom is -0.315 e. The Balaban J connectivity index is 1.29. The van der Waals surface area contributed by atoms with Crippen molar-refractivity contribution in [1.82, 2.24) is 20.9 Å². The Hall–Kier alpha value is -1.72. The number of nitrogens with one attached hydrogen (secondary N) is 3. The molecule has 3 rings (SSSR count). The van der Waals surface area contributed by atoms with Gasteiger partial charge in [0.25, 0.3) is 0 Å². The van der Waals surface area contributed by atoms with Crippen LogP contribution < -0.4 is 16.0 Å². The van der Waals surface area contributed by atoms with Gasteiger partial charge in [0.15, 0.2) is 0 Å². The molecule has 0 aliphatic heterocycles. The molecule has 0 aromatic carbocycles. The van der Waals surface area contributed by atoms with Gasteiger partial charge in [0.2, 0.25) is 0 Å². The van der Waals surface area contributed by atoms with Crippen molar-refractivity contribution < 1.29 is 0 Å². The van der Waals surface area contributed by atoms with E-state index in [2.05, 4.69) is 93.8 Å². The lowest BCUT2D eigenvalue weighted by Gasteiger charge is -2.24. The molecule has 0 spiro atoms. The fraction of sp³-hybridized carbons (Fsp3) is 0.500. The van der Waals surface area contributed by atoms with Crippen molar-refractivity contribution in [2.45, 2.75) is 0 Å². The van der Waals surface area contributed by atoms with Crippen LogP contribution in [0.15, 0.2) is 72.9 Å². The normalized spacial score (nSPS) is 18.8. The zero-order chi connectivity index (χ0) is 19.3. The van der Waals surface area contributed by atoms with E-state index in [0.29, 0.717) is 17.8 Å². The summed E-state index contributed by atoms with van der Waals surface area (Å²) < 4.78 is 0. The molecular formula is C24H36N4. The number of rotatable bonds is 15. The molecule has 3 aliphatic rings. The molecule has 3 aliphatic carbocycles. The summed E-state index contributed by atoms with van der Waals surface area (Å²) in [6.07, 6.45) is 26.4. The smallest absolute Gasteiger partial charge is 0.0108 e. The third-order valence-electron chi connectivity index (χ3n) is 5.44. The lowest BCUT2D eigenvalue weighted by Crippen LogP contribution is -2.41. The van der Waals surface area contributed by atoms with E-state index in [-0.39, 0.29) is 0 Å². The Bertz CT molecular complexity index is 493. The van der Waals surface area contributed by atoms with Crippen LogP contribution in [-0.4, -0.2) is 63.8 Å². The average Bonchev–Trinajstić information content (AvgIpc) is 3.48. The Kier molecular flexibility index (Phi) is 9.51. The van der Waals surface area contributed by atoms with E-state index in [4.69, 9.17) is 0 Å². The molecule has 0 atom stereocenters. The van der Waals surface area contributed by atoms with Crippen LogP contribution in [0.1, 0.15) is 0 Å². The topological polar surface area (TPSA) is 39.3 Å². The van der Waals surface area contributed by atoms with Crippen LogP contribution in [0.25, 0.3) is 0 Å². The fourth-order valence-corrected chi connectivity index (χ4v) is 3.70. The van der Waals surface area contributed by atoms with Gasteiger partial charge in [-0.1, -0.05) is 72.9 Å². The summed E-state index contributed by atoms with van der Waals surface area (Å²) in [4.78, 5) is 2.56. The number of hydrogen-bond acceptors (Lipinski definition) is 4. The molecule has 0 fully saturated rings. The molecule has 0 heterocycles. The van der Waals surface area contributed by atoms with Gasteiger partial charge in [0.1, 0.15) is 0 Å². The van der Waals surface area contributed by atoms with E-state index in [1.807, 2.05) is 0 Å². The maximum absolute atomic E-state index is 3.61. The Morgan fingerprint density at radius 2 is 0.750 bits per heavy atom. The van der Waals surface area contributed by atoms with Gasteiger partial charge in [0, 0.05) is 76.7 Å². The fourth-order valence-electron chi connectivity index (χ4n) is 3.70. The molecule has 0 radical (unpaired) electrons.